The van der Waals surface area contributed by atoms with E-state index in [4.69, 9.17) is 4.42 Å². The van der Waals surface area contributed by atoms with Crippen molar-refractivity contribution in [1.29, 1.82) is 0 Å². The summed E-state index contributed by atoms with van der Waals surface area (Å²) < 4.78 is 7.56. The second-order valence-electron chi connectivity index (χ2n) is 5.82. The van der Waals surface area contributed by atoms with Crippen molar-refractivity contribution in [2.45, 2.75) is 10.9 Å². The maximum absolute atomic E-state index is 10.7. The molecule has 0 aliphatic rings. The van der Waals surface area contributed by atoms with E-state index in [9.17, 15) is 10.1 Å². The Labute approximate surface area is 163 Å². The van der Waals surface area contributed by atoms with E-state index in [2.05, 4.69) is 20.4 Å². The smallest absolute Gasteiger partial charge is 0.269 e. The van der Waals surface area contributed by atoms with Gasteiger partial charge in [0.2, 0.25) is 11.8 Å². The van der Waals surface area contributed by atoms with Crippen LogP contribution in [0.15, 0.2) is 64.2 Å². The predicted molar refractivity (Wildman–Crippen MR) is 102 cm³/mol. The molecule has 0 fully saturated rings. The summed E-state index contributed by atoms with van der Waals surface area (Å²) in [6.07, 6.45) is 0. The molecule has 0 saturated carbocycles. The molecule has 0 radical (unpaired) electrons. The van der Waals surface area contributed by atoms with E-state index in [0.29, 0.717) is 23.1 Å². The first-order chi connectivity index (χ1) is 13.6. The SMILES string of the molecule is Cn1c(SCc2nnc(-c3ccc([N+](=O)[O-])cc3)o2)nnc1-c1ccccc1. The number of hydrogen-bond donors (Lipinski definition) is 0. The van der Waals surface area contributed by atoms with E-state index in [0.717, 1.165) is 16.5 Å². The second kappa shape index (κ2) is 7.61. The van der Waals surface area contributed by atoms with E-state index in [1.54, 1.807) is 12.1 Å². The first-order valence-electron chi connectivity index (χ1n) is 8.26. The summed E-state index contributed by atoms with van der Waals surface area (Å²) in [6, 6.07) is 15.8. The van der Waals surface area contributed by atoms with Gasteiger partial charge in [0.05, 0.1) is 10.7 Å². The van der Waals surface area contributed by atoms with Crippen LogP contribution in [-0.2, 0) is 12.8 Å². The molecule has 0 atom stereocenters. The molecule has 0 amide bonds. The average molecular weight is 394 g/mol. The van der Waals surface area contributed by atoms with Crippen LogP contribution in [0, 0.1) is 10.1 Å². The highest BCUT2D eigenvalue weighted by Gasteiger charge is 2.14. The number of nitro groups is 1. The lowest BCUT2D eigenvalue weighted by Crippen LogP contribution is -1.95. The molecule has 0 aliphatic heterocycles. The number of nitro benzene ring substituents is 1. The van der Waals surface area contributed by atoms with E-state index in [1.165, 1.54) is 23.9 Å². The molecule has 10 heteroatoms. The van der Waals surface area contributed by atoms with Gasteiger partial charge in [0.1, 0.15) is 0 Å². The Hall–Kier alpha value is -3.53. The van der Waals surface area contributed by atoms with Crippen LogP contribution < -0.4 is 0 Å². The molecule has 140 valence electrons. The summed E-state index contributed by atoms with van der Waals surface area (Å²) in [7, 11) is 1.90. The Morgan fingerprint density at radius 2 is 1.75 bits per heavy atom. The summed E-state index contributed by atoms with van der Waals surface area (Å²) in [5, 5.41) is 28.0. The standard InChI is InChI=1S/C18H14N6O3S/c1-23-16(12-5-3-2-4-6-12)20-22-18(23)28-11-15-19-21-17(27-15)13-7-9-14(10-8-13)24(25)26/h2-10H,11H2,1H3. The van der Waals surface area contributed by atoms with Crippen LogP contribution in [0.5, 0.6) is 0 Å². The molecule has 4 aromatic rings. The van der Waals surface area contributed by atoms with Crippen LogP contribution in [0.2, 0.25) is 0 Å². The summed E-state index contributed by atoms with van der Waals surface area (Å²) >= 11 is 1.43. The quantitative estimate of drug-likeness (QED) is 0.276. The van der Waals surface area contributed by atoms with Gasteiger partial charge in [-0.1, -0.05) is 42.1 Å². The zero-order valence-electron chi connectivity index (χ0n) is 14.7. The van der Waals surface area contributed by atoms with Crippen molar-refractivity contribution < 1.29 is 9.34 Å². The van der Waals surface area contributed by atoms with Crippen LogP contribution in [0.4, 0.5) is 5.69 Å². The minimum Gasteiger partial charge on any atom is -0.420 e. The number of aromatic nitrogens is 5. The molecule has 4 rings (SSSR count). The van der Waals surface area contributed by atoms with Crippen molar-refractivity contribution in [3.63, 3.8) is 0 Å². The zero-order valence-corrected chi connectivity index (χ0v) is 15.5. The monoisotopic (exact) mass is 394 g/mol. The minimum absolute atomic E-state index is 0.00977. The van der Waals surface area contributed by atoms with Gasteiger partial charge in [0.25, 0.3) is 5.69 Å². The first kappa shape index (κ1) is 17.9. The summed E-state index contributed by atoms with van der Waals surface area (Å²) in [6.45, 7) is 0. The van der Waals surface area contributed by atoms with Gasteiger partial charge in [-0.2, -0.15) is 0 Å². The van der Waals surface area contributed by atoms with E-state index < -0.39 is 4.92 Å². The van der Waals surface area contributed by atoms with E-state index >= 15 is 0 Å². The highest BCUT2D eigenvalue weighted by atomic mass is 32.2. The maximum Gasteiger partial charge on any atom is 0.269 e. The van der Waals surface area contributed by atoms with Gasteiger partial charge in [-0.3, -0.25) is 10.1 Å². The minimum atomic E-state index is -0.454. The molecule has 2 aromatic carbocycles. The third-order valence-electron chi connectivity index (χ3n) is 3.98. The Bertz CT molecular complexity index is 1110. The van der Waals surface area contributed by atoms with E-state index in [1.807, 2.05) is 41.9 Å². The van der Waals surface area contributed by atoms with Crippen LogP contribution in [0.25, 0.3) is 22.8 Å². The van der Waals surface area contributed by atoms with Gasteiger partial charge in [0, 0.05) is 30.3 Å². The van der Waals surface area contributed by atoms with Gasteiger partial charge in [-0.05, 0) is 12.1 Å². The second-order valence-corrected chi connectivity index (χ2v) is 6.77. The fourth-order valence-electron chi connectivity index (χ4n) is 2.56. The summed E-state index contributed by atoms with van der Waals surface area (Å²) in [5.74, 6) is 1.96. The normalized spacial score (nSPS) is 10.9. The number of non-ortho nitro benzene ring substituents is 1. The summed E-state index contributed by atoms with van der Waals surface area (Å²) in [4.78, 5) is 10.3. The fraction of sp³-hybridized carbons (Fsp3) is 0.111. The topological polar surface area (TPSA) is 113 Å². The lowest BCUT2D eigenvalue weighted by molar-refractivity contribution is -0.384. The third kappa shape index (κ3) is 3.62. The Morgan fingerprint density at radius 3 is 2.46 bits per heavy atom. The van der Waals surface area contributed by atoms with Crippen LogP contribution in [-0.4, -0.2) is 29.9 Å². The lowest BCUT2D eigenvalue weighted by Gasteiger charge is -2.02. The molecule has 2 heterocycles. The number of thioether (sulfide) groups is 1. The van der Waals surface area contributed by atoms with Crippen molar-refractivity contribution in [2.75, 3.05) is 0 Å². The Morgan fingerprint density at radius 1 is 1.00 bits per heavy atom. The average Bonchev–Trinajstić information content (AvgIpc) is 3.34. The lowest BCUT2D eigenvalue weighted by atomic mass is 10.2. The first-order valence-corrected chi connectivity index (χ1v) is 9.25. The molecular formula is C18H14N6O3S. The van der Waals surface area contributed by atoms with Gasteiger partial charge in [-0.15, -0.1) is 20.4 Å². The molecular weight excluding hydrogens is 380 g/mol. The zero-order chi connectivity index (χ0) is 19.5. The van der Waals surface area contributed by atoms with Crippen molar-refractivity contribution in [3.05, 3.63) is 70.6 Å². The van der Waals surface area contributed by atoms with Crippen LogP contribution >= 0.6 is 11.8 Å². The van der Waals surface area contributed by atoms with Crippen LogP contribution in [0.3, 0.4) is 0 Å². The van der Waals surface area contributed by atoms with Crippen molar-refractivity contribution >= 4 is 17.4 Å². The van der Waals surface area contributed by atoms with E-state index in [-0.39, 0.29) is 5.69 Å². The molecule has 9 nitrogen and oxygen atoms in total. The molecule has 0 saturated heterocycles. The molecule has 0 aliphatic carbocycles. The number of nitrogens with zero attached hydrogens (tertiary/aromatic N) is 6. The van der Waals surface area contributed by atoms with Gasteiger partial charge < -0.3 is 8.98 Å². The highest BCUT2D eigenvalue weighted by Crippen LogP contribution is 2.26. The third-order valence-corrected chi connectivity index (χ3v) is 4.99. The summed E-state index contributed by atoms with van der Waals surface area (Å²) in [5.41, 5.74) is 1.62. The molecule has 2 aromatic heterocycles. The van der Waals surface area contributed by atoms with Gasteiger partial charge in [-0.25, -0.2) is 0 Å². The molecule has 0 spiro atoms. The Kier molecular flexibility index (Phi) is 4.85. The predicted octanol–water partition coefficient (Wildman–Crippen LogP) is 3.73. The molecule has 0 bridgehead atoms. The Balaban J connectivity index is 1.45. The molecule has 28 heavy (non-hydrogen) atoms. The molecule has 0 N–H and O–H groups in total. The van der Waals surface area contributed by atoms with Gasteiger partial charge >= 0.3 is 0 Å². The van der Waals surface area contributed by atoms with Crippen molar-refractivity contribution in [3.8, 4) is 22.8 Å². The van der Waals surface area contributed by atoms with Gasteiger partial charge in [0.15, 0.2) is 11.0 Å². The highest BCUT2D eigenvalue weighted by molar-refractivity contribution is 7.98. The number of rotatable bonds is 6. The number of hydrogen-bond acceptors (Lipinski definition) is 8. The fourth-order valence-corrected chi connectivity index (χ4v) is 3.31. The van der Waals surface area contributed by atoms with Crippen molar-refractivity contribution in [2.24, 2.45) is 7.05 Å². The number of benzene rings is 2. The molecule has 0 unspecified atom stereocenters. The largest absolute Gasteiger partial charge is 0.420 e. The maximum atomic E-state index is 10.7. The van der Waals surface area contributed by atoms with Crippen molar-refractivity contribution in [1.82, 2.24) is 25.0 Å². The van der Waals surface area contributed by atoms with Crippen LogP contribution in [0.1, 0.15) is 5.89 Å².